The number of primary sulfonamides is 1. The van der Waals surface area contributed by atoms with E-state index in [9.17, 15) is 8.42 Å². The Labute approximate surface area is 108 Å². The predicted molar refractivity (Wildman–Crippen MR) is 67.9 cm³/mol. The molecule has 2 aromatic rings. The molecule has 1 aromatic carbocycles. The van der Waals surface area contributed by atoms with Crippen LogP contribution in [0.15, 0.2) is 21.5 Å². The number of H-pyrrole nitrogens is 1. The van der Waals surface area contributed by atoms with E-state index in [-0.39, 0.29) is 4.90 Å². The summed E-state index contributed by atoms with van der Waals surface area (Å²) >= 11 is 5.17. The maximum atomic E-state index is 11.4. The molecule has 1 heterocycles. The van der Waals surface area contributed by atoms with E-state index in [4.69, 9.17) is 5.14 Å². The lowest BCUT2D eigenvalue weighted by Gasteiger charge is -2.01. The third-order valence-electron chi connectivity index (χ3n) is 1.85. The summed E-state index contributed by atoms with van der Waals surface area (Å²) in [5, 5.41) is 12.3. The number of rotatable bonds is 1. The zero-order valence-electron chi connectivity index (χ0n) is 7.16. The van der Waals surface area contributed by atoms with Crippen LogP contribution in [0.3, 0.4) is 0 Å². The number of benzene rings is 1. The predicted octanol–water partition coefficient (Wildman–Crippen LogP) is 1.58. The standard InChI is InChI=1S/C7H5BrIN3O2S/c8-3-1-4-6(7(9)12-11-4)5(2-3)15(10,13)14/h1-2H,(H,11,12)(H2,10,13,14). The van der Waals surface area contributed by atoms with Gasteiger partial charge in [-0.1, -0.05) is 15.9 Å². The summed E-state index contributed by atoms with van der Waals surface area (Å²) in [4.78, 5) is 0.0741. The van der Waals surface area contributed by atoms with E-state index in [0.717, 1.165) is 0 Å². The van der Waals surface area contributed by atoms with Gasteiger partial charge in [0.2, 0.25) is 10.0 Å². The molecule has 80 valence electrons. The van der Waals surface area contributed by atoms with Gasteiger partial charge in [-0.2, -0.15) is 5.10 Å². The van der Waals surface area contributed by atoms with Crippen LogP contribution >= 0.6 is 38.5 Å². The molecule has 1 aromatic heterocycles. The highest BCUT2D eigenvalue weighted by molar-refractivity contribution is 14.1. The van der Waals surface area contributed by atoms with Gasteiger partial charge < -0.3 is 0 Å². The number of aromatic amines is 1. The lowest BCUT2D eigenvalue weighted by molar-refractivity contribution is 0.598. The van der Waals surface area contributed by atoms with Crippen molar-refractivity contribution in [2.24, 2.45) is 5.14 Å². The summed E-state index contributed by atoms with van der Waals surface area (Å²) in [6.07, 6.45) is 0. The number of aromatic nitrogens is 2. The summed E-state index contributed by atoms with van der Waals surface area (Å²) in [5.74, 6) is 0. The lowest BCUT2D eigenvalue weighted by Crippen LogP contribution is -2.12. The second kappa shape index (κ2) is 3.68. The highest BCUT2D eigenvalue weighted by atomic mass is 127. The number of sulfonamides is 1. The molecule has 0 saturated heterocycles. The van der Waals surface area contributed by atoms with Crippen molar-refractivity contribution in [2.75, 3.05) is 0 Å². The number of hydrogen-bond donors (Lipinski definition) is 2. The molecule has 15 heavy (non-hydrogen) atoms. The van der Waals surface area contributed by atoms with E-state index in [1.807, 2.05) is 22.6 Å². The van der Waals surface area contributed by atoms with Crippen LogP contribution in [0.2, 0.25) is 0 Å². The normalized spacial score (nSPS) is 12.2. The van der Waals surface area contributed by atoms with Gasteiger partial charge in [-0.3, -0.25) is 5.10 Å². The topological polar surface area (TPSA) is 88.8 Å². The minimum Gasteiger partial charge on any atom is -0.277 e. The van der Waals surface area contributed by atoms with Crippen LogP contribution in [-0.2, 0) is 10.0 Å². The summed E-state index contributed by atoms with van der Waals surface area (Å²) in [6.45, 7) is 0. The molecule has 0 bridgehead atoms. The van der Waals surface area contributed by atoms with Crippen molar-refractivity contribution in [1.29, 1.82) is 0 Å². The Morgan fingerprint density at radius 3 is 2.73 bits per heavy atom. The van der Waals surface area contributed by atoms with Crippen molar-refractivity contribution in [3.63, 3.8) is 0 Å². The average molecular weight is 402 g/mol. The molecule has 0 fully saturated rings. The Hall–Kier alpha value is -0.190. The van der Waals surface area contributed by atoms with Gasteiger partial charge in [0.1, 0.15) is 3.70 Å². The average Bonchev–Trinajstić information content (AvgIpc) is 2.44. The van der Waals surface area contributed by atoms with E-state index in [2.05, 4.69) is 26.1 Å². The van der Waals surface area contributed by atoms with Gasteiger partial charge in [0.05, 0.1) is 15.8 Å². The van der Waals surface area contributed by atoms with Crippen LogP contribution in [0, 0.1) is 3.70 Å². The molecule has 0 aliphatic rings. The Morgan fingerprint density at radius 1 is 1.47 bits per heavy atom. The fourth-order valence-electron chi connectivity index (χ4n) is 1.27. The summed E-state index contributed by atoms with van der Waals surface area (Å²) < 4.78 is 23.9. The Balaban J connectivity index is 2.99. The maximum absolute atomic E-state index is 11.4. The van der Waals surface area contributed by atoms with Gasteiger partial charge in [-0.05, 0) is 34.7 Å². The number of nitrogens with zero attached hydrogens (tertiary/aromatic N) is 1. The largest absolute Gasteiger partial charge is 0.277 e. The number of nitrogens with one attached hydrogen (secondary N) is 1. The number of halogens is 2. The van der Waals surface area contributed by atoms with E-state index in [1.54, 1.807) is 6.07 Å². The van der Waals surface area contributed by atoms with Gasteiger partial charge in [0.15, 0.2) is 0 Å². The molecule has 0 saturated carbocycles. The molecule has 2 rings (SSSR count). The van der Waals surface area contributed by atoms with Crippen molar-refractivity contribution >= 4 is 59.4 Å². The van der Waals surface area contributed by atoms with E-state index in [0.29, 0.717) is 19.1 Å². The van der Waals surface area contributed by atoms with E-state index >= 15 is 0 Å². The number of fused-ring (bicyclic) bond motifs is 1. The Kier molecular flexibility index (Phi) is 2.77. The lowest BCUT2D eigenvalue weighted by atomic mass is 10.3. The van der Waals surface area contributed by atoms with Crippen molar-refractivity contribution in [2.45, 2.75) is 4.90 Å². The van der Waals surface area contributed by atoms with Crippen molar-refractivity contribution in [3.8, 4) is 0 Å². The second-order valence-corrected chi connectivity index (χ2v) is 6.35. The smallest absolute Gasteiger partial charge is 0.238 e. The van der Waals surface area contributed by atoms with E-state index < -0.39 is 10.0 Å². The van der Waals surface area contributed by atoms with Gasteiger partial charge in [-0.25, -0.2) is 13.6 Å². The van der Waals surface area contributed by atoms with Gasteiger partial charge in [0, 0.05) is 4.47 Å². The molecule has 0 aliphatic heterocycles. The first-order chi connectivity index (χ1) is 6.89. The molecule has 3 N–H and O–H groups in total. The molecular formula is C7H5BrIN3O2S. The van der Waals surface area contributed by atoms with Crippen LogP contribution in [0.25, 0.3) is 10.9 Å². The van der Waals surface area contributed by atoms with Gasteiger partial charge >= 0.3 is 0 Å². The summed E-state index contributed by atoms with van der Waals surface area (Å²) in [6, 6.07) is 3.22. The first kappa shape index (κ1) is 11.3. The monoisotopic (exact) mass is 401 g/mol. The third kappa shape index (κ3) is 2.03. The SMILES string of the molecule is NS(=O)(=O)c1cc(Br)cc2[nH]nc(I)c12. The summed E-state index contributed by atoms with van der Waals surface area (Å²) in [5.41, 5.74) is 0.637. The quantitative estimate of drug-likeness (QED) is 0.711. The molecule has 8 heteroatoms. The minimum absolute atomic E-state index is 0.0741. The van der Waals surface area contributed by atoms with Crippen molar-refractivity contribution in [3.05, 3.63) is 20.3 Å². The van der Waals surface area contributed by atoms with Crippen LogP contribution in [0.4, 0.5) is 0 Å². The van der Waals surface area contributed by atoms with Crippen molar-refractivity contribution < 1.29 is 8.42 Å². The zero-order valence-corrected chi connectivity index (χ0v) is 11.7. The highest BCUT2D eigenvalue weighted by Crippen LogP contribution is 2.28. The molecule has 5 nitrogen and oxygen atoms in total. The Bertz CT molecular complexity index is 637. The highest BCUT2D eigenvalue weighted by Gasteiger charge is 2.17. The molecule has 0 spiro atoms. The van der Waals surface area contributed by atoms with Gasteiger partial charge in [-0.15, -0.1) is 0 Å². The molecule has 0 amide bonds. The first-order valence-corrected chi connectivity index (χ1v) is 7.17. The van der Waals surface area contributed by atoms with Crippen molar-refractivity contribution in [1.82, 2.24) is 10.2 Å². The Morgan fingerprint density at radius 2 is 2.13 bits per heavy atom. The van der Waals surface area contributed by atoms with Crippen LogP contribution in [0.1, 0.15) is 0 Å². The number of hydrogen-bond acceptors (Lipinski definition) is 3. The van der Waals surface area contributed by atoms with Crippen LogP contribution < -0.4 is 5.14 Å². The molecule has 0 radical (unpaired) electrons. The molecule has 0 atom stereocenters. The van der Waals surface area contributed by atoms with Crippen LogP contribution in [-0.4, -0.2) is 18.6 Å². The third-order valence-corrected chi connectivity index (χ3v) is 4.03. The summed E-state index contributed by atoms with van der Waals surface area (Å²) in [7, 11) is -3.74. The fraction of sp³-hybridized carbons (Fsp3) is 0. The van der Waals surface area contributed by atoms with E-state index in [1.165, 1.54) is 6.07 Å². The number of nitrogens with two attached hydrogens (primary N) is 1. The second-order valence-electron chi connectivity index (χ2n) is 2.89. The fourth-order valence-corrected chi connectivity index (χ4v) is 3.55. The molecular weight excluding hydrogens is 397 g/mol. The molecule has 0 aliphatic carbocycles. The molecule has 0 unspecified atom stereocenters. The zero-order chi connectivity index (χ0) is 11.2. The van der Waals surface area contributed by atoms with Gasteiger partial charge in [0.25, 0.3) is 0 Å². The minimum atomic E-state index is -3.74. The van der Waals surface area contributed by atoms with Crippen LogP contribution in [0.5, 0.6) is 0 Å². The first-order valence-electron chi connectivity index (χ1n) is 3.75. The maximum Gasteiger partial charge on any atom is 0.238 e.